The van der Waals surface area contributed by atoms with E-state index in [2.05, 4.69) is 5.32 Å². The smallest absolute Gasteiger partial charge is 0.330 e. The van der Waals surface area contributed by atoms with Crippen LogP contribution in [0.3, 0.4) is 0 Å². The molecule has 2 N–H and O–H groups in total. The summed E-state index contributed by atoms with van der Waals surface area (Å²) in [5.74, 6) is -0.189. The van der Waals surface area contributed by atoms with Gasteiger partial charge in [-0.05, 0) is 36.8 Å². The average Bonchev–Trinajstić information content (AvgIpc) is 2.65. The highest BCUT2D eigenvalue weighted by Gasteiger charge is 2.22. The van der Waals surface area contributed by atoms with Crippen molar-refractivity contribution in [3.63, 3.8) is 0 Å². The van der Waals surface area contributed by atoms with Crippen molar-refractivity contribution in [2.24, 2.45) is 0 Å². The molecule has 0 heterocycles. The molecule has 1 unspecified atom stereocenters. The summed E-state index contributed by atoms with van der Waals surface area (Å²) in [6.45, 7) is 1.98. The zero-order valence-electron chi connectivity index (χ0n) is 14.6. The van der Waals surface area contributed by atoms with Gasteiger partial charge >= 0.3 is 5.97 Å². The molecule has 138 valence electrons. The second kappa shape index (κ2) is 9.31. The Kier molecular flexibility index (Phi) is 6.84. The molecule has 0 aliphatic rings. The molecule has 0 bridgehead atoms. The van der Waals surface area contributed by atoms with E-state index in [1.165, 1.54) is 7.11 Å². The zero-order valence-corrected chi connectivity index (χ0v) is 14.6. The van der Waals surface area contributed by atoms with E-state index in [9.17, 15) is 14.7 Å². The van der Waals surface area contributed by atoms with Crippen molar-refractivity contribution in [1.82, 2.24) is 5.32 Å². The second-order valence-electron chi connectivity index (χ2n) is 5.28. The van der Waals surface area contributed by atoms with Crippen molar-refractivity contribution in [1.29, 1.82) is 0 Å². The Bertz CT molecular complexity index is 744. The summed E-state index contributed by atoms with van der Waals surface area (Å²) >= 11 is 0. The van der Waals surface area contributed by atoms with Crippen molar-refractivity contribution >= 4 is 11.9 Å². The summed E-state index contributed by atoms with van der Waals surface area (Å²) in [5.41, 5.74) is 0.432. The SMILES string of the molecule is CCOc1ccccc1OCC(=O)NC(C(=O)O)c1ccc(OC)cc1. The van der Waals surface area contributed by atoms with E-state index < -0.39 is 17.9 Å². The summed E-state index contributed by atoms with van der Waals surface area (Å²) in [7, 11) is 1.52. The molecule has 7 heteroatoms. The number of para-hydroxylation sites is 2. The quantitative estimate of drug-likeness (QED) is 0.714. The van der Waals surface area contributed by atoms with E-state index in [4.69, 9.17) is 14.2 Å². The Balaban J connectivity index is 2.00. The van der Waals surface area contributed by atoms with Gasteiger partial charge in [0, 0.05) is 0 Å². The fourth-order valence-corrected chi connectivity index (χ4v) is 2.27. The maximum Gasteiger partial charge on any atom is 0.330 e. The van der Waals surface area contributed by atoms with E-state index in [1.807, 2.05) is 6.92 Å². The van der Waals surface area contributed by atoms with E-state index in [0.29, 0.717) is 29.4 Å². The van der Waals surface area contributed by atoms with Crippen molar-refractivity contribution in [3.8, 4) is 17.2 Å². The molecule has 2 aromatic rings. The average molecular weight is 359 g/mol. The first-order chi connectivity index (χ1) is 12.5. The van der Waals surface area contributed by atoms with Crippen LogP contribution < -0.4 is 19.5 Å². The number of nitrogens with one attached hydrogen (secondary N) is 1. The third kappa shape index (κ3) is 5.14. The van der Waals surface area contributed by atoms with Gasteiger partial charge in [0.15, 0.2) is 24.1 Å². The predicted octanol–water partition coefficient (Wildman–Crippen LogP) is 2.41. The van der Waals surface area contributed by atoms with E-state index in [0.717, 1.165) is 0 Å². The highest BCUT2D eigenvalue weighted by molar-refractivity contribution is 5.85. The summed E-state index contributed by atoms with van der Waals surface area (Å²) in [4.78, 5) is 23.6. The first-order valence-corrected chi connectivity index (χ1v) is 8.06. The Hall–Kier alpha value is -3.22. The monoisotopic (exact) mass is 359 g/mol. The highest BCUT2D eigenvalue weighted by atomic mass is 16.5. The number of methoxy groups -OCH3 is 1. The largest absolute Gasteiger partial charge is 0.497 e. The lowest BCUT2D eigenvalue weighted by Gasteiger charge is -2.16. The summed E-state index contributed by atoms with van der Waals surface area (Å²) in [5, 5.41) is 11.8. The van der Waals surface area contributed by atoms with Crippen LogP contribution >= 0.6 is 0 Å². The first-order valence-electron chi connectivity index (χ1n) is 8.06. The molecule has 0 saturated carbocycles. The molecule has 1 amide bonds. The van der Waals surface area contributed by atoms with Gasteiger partial charge in [-0.1, -0.05) is 24.3 Å². The number of carbonyl (C=O) groups is 2. The van der Waals surface area contributed by atoms with E-state index >= 15 is 0 Å². The molecule has 26 heavy (non-hydrogen) atoms. The predicted molar refractivity (Wildman–Crippen MR) is 94.6 cm³/mol. The van der Waals surface area contributed by atoms with Crippen molar-refractivity contribution in [2.45, 2.75) is 13.0 Å². The molecule has 0 spiro atoms. The number of rotatable bonds is 9. The minimum absolute atomic E-state index is 0.329. The Morgan fingerprint density at radius 1 is 1.04 bits per heavy atom. The van der Waals surface area contributed by atoms with Crippen molar-refractivity contribution in [3.05, 3.63) is 54.1 Å². The molecular weight excluding hydrogens is 338 g/mol. The number of hydrogen-bond acceptors (Lipinski definition) is 5. The number of hydrogen-bond donors (Lipinski definition) is 2. The molecule has 2 rings (SSSR count). The van der Waals surface area contributed by atoms with E-state index in [1.54, 1.807) is 48.5 Å². The lowest BCUT2D eigenvalue weighted by molar-refractivity contribution is -0.142. The minimum atomic E-state index is -1.18. The van der Waals surface area contributed by atoms with Gasteiger partial charge in [0.25, 0.3) is 5.91 Å². The number of carboxylic acid groups (broad SMARTS) is 1. The van der Waals surface area contributed by atoms with Crippen molar-refractivity contribution < 1.29 is 28.9 Å². The Morgan fingerprint density at radius 3 is 2.19 bits per heavy atom. The number of carbonyl (C=O) groups excluding carboxylic acids is 1. The van der Waals surface area contributed by atoms with Crippen LogP contribution in [0.4, 0.5) is 0 Å². The fourth-order valence-electron chi connectivity index (χ4n) is 2.27. The Morgan fingerprint density at radius 2 is 1.65 bits per heavy atom. The van der Waals surface area contributed by atoms with Crippen LogP contribution in [0.25, 0.3) is 0 Å². The highest BCUT2D eigenvalue weighted by Crippen LogP contribution is 2.26. The third-order valence-corrected chi connectivity index (χ3v) is 3.51. The van der Waals surface area contributed by atoms with Crippen LogP contribution in [-0.4, -0.2) is 37.3 Å². The molecule has 0 radical (unpaired) electrons. The zero-order chi connectivity index (χ0) is 18.9. The number of amides is 1. The fraction of sp³-hybridized carbons (Fsp3) is 0.263. The van der Waals surface area contributed by atoms with Gasteiger partial charge in [0.05, 0.1) is 13.7 Å². The number of aliphatic carboxylic acids is 1. The lowest BCUT2D eigenvalue weighted by Crippen LogP contribution is -2.36. The van der Waals surface area contributed by atoms with Crippen LogP contribution in [0, 0.1) is 0 Å². The van der Waals surface area contributed by atoms with Gasteiger partial charge in [-0.3, -0.25) is 4.79 Å². The van der Waals surface area contributed by atoms with E-state index in [-0.39, 0.29) is 6.61 Å². The standard InChI is InChI=1S/C19H21NO6/c1-3-25-15-6-4-5-7-16(15)26-12-17(21)20-18(19(22)23)13-8-10-14(24-2)11-9-13/h4-11,18H,3,12H2,1-2H3,(H,20,21)(H,22,23). The third-order valence-electron chi connectivity index (χ3n) is 3.51. The number of benzene rings is 2. The van der Waals surface area contributed by atoms with Gasteiger partial charge < -0.3 is 24.6 Å². The molecule has 7 nitrogen and oxygen atoms in total. The molecule has 0 aliphatic carbocycles. The Labute approximate surface area is 151 Å². The summed E-state index contributed by atoms with van der Waals surface area (Å²) in [6, 6.07) is 12.2. The van der Waals surface area contributed by atoms with Gasteiger partial charge in [-0.25, -0.2) is 4.79 Å². The number of ether oxygens (including phenoxy) is 3. The van der Waals surface area contributed by atoms with Crippen LogP contribution in [0.15, 0.2) is 48.5 Å². The van der Waals surface area contributed by atoms with Crippen LogP contribution in [-0.2, 0) is 9.59 Å². The minimum Gasteiger partial charge on any atom is -0.497 e. The molecule has 1 atom stereocenters. The summed E-state index contributed by atoms with van der Waals surface area (Å²) in [6.07, 6.45) is 0. The molecule has 0 aromatic heterocycles. The van der Waals surface area contributed by atoms with Crippen LogP contribution in [0.5, 0.6) is 17.2 Å². The van der Waals surface area contributed by atoms with Crippen LogP contribution in [0.2, 0.25) is 0 Å². The van der Waals surface area contributed by atoms with Crippen molar-refractivity contribution in [2.75, 3.05) is 20.3 Å². The molecule has 2 aromatic carbocycles. The number of carboxylic acids is 1. The van der Waals surface area contributed by atoms with Gasteiger partial charge in [-0.2, -0.15) is 0 Å². The normalized spacial score (nSPS) is 11.3. The van der Waals surface area contributed by atoms with Gasteiger partial charge in [0.1, 0.15) is 5.75 Å². The lowest BCUT2D eigenvalue weighted by atomic mass is 10.1. The maximum atomic E-state index is 12.1. The topological polar surface area (TPSA) is 94.1 Å². The molecule has 0 fully saturated rings. The van der Waals surface area contributed by atoms with Gasteiger partial charge in [0.2, 0.25) is 0 Å². The first kappa shape index (κ1) is 19.1. The molecular formula is C19H21NO6. The van der Waals surface area contributed by atoms with Crippen LogP contribution in [0.1, 0.15) is 18.5 Å². The molecule has 0 aliphatic heterocycles. The molecule has 0 saturated heterocycles. The summed E-state index contributed by atoms with van der Waals surface area (Å²) < 4.78 is 15.9. The van der Waals surface area contributed by atoms with Gasteiger partial charge in [-0.15, -0.1) is 0 Å². The maximum absolute atomic E-state index is 12.1. The second-order valence-corrected chi connectivity index (χ2v) is 5.28.